The molecule has 1 unspecified atom stereocenters. The van der Waals surface area contributed by atoms with E-state index in [-0.39, 0.29) is 29.1 Å². The SMILES string of the molecule is CCC(CC[C@](C)(CNC(=O)OC)c1ccccn1)N(C(=O)c1ccc([C@](C)(O)C(F)(F)F)cc1)C1CC1. The van der Waals surface area contributed by atoms with E-state index in [1.165, 1.54) is 19.2 Å². The lowest BCUT2D eigenvalue weighted by Gasteiger charge is -2.36. The van der Waals surface area contributed by atoms with Gasteiger partial charge in [0.05, 0.1) is 7.11 Å². The van der Waals surface area contributed by atoms with E-state index in [0.717, 1.165) is 30.7 Å². The number of methoxy groups -OCH3 is 1. The van der Waals surface area contributed by atoms with Gasteiger partial charge in [-0.25, -0.2) is 4.79 Å². The Kier molecular flexibility index (Phi) is 9.07. The molecule has 7 nitrogen and oxygen atoms in total. The van der Waals surface area contributed by atoms with Crippen LogP contribution in [-0.4, -0.2) is 58.9 Å². The second kappa shape index (κ2) is 11.7. The Morgan fingerprint density at radius 2 is 1.82 bits per heavy atom. The number of ether oxygens (including phenoxy) is 1. The predicted molar refractivity (Wildman–Crippen MR) is 137 cm³/mol. The third-order valence-electron chi connectivity index (χ3n) is 7.41. The first-order valence-electron chi connectivity index (χ1n) is 12.8. The topological polar surface area (TPSA) is 91.8 Å². The van der Waals surface area contributed by atoms with Crippen molar-refractivity contribution in [2.75, 3.05) is 13.7 Å². The smallest absolute Gasteiger partial charge is 0.421 e. The average Bonchev–Trinajstić information content (AvgIpc) is 3.74. The first kappa shape index (κ1) is 29.4. The molecule has 1 saturated carbocycles. The van der Waals surface area contributed by atoms with Gasteiger partial charge in [0.25, 0.3) is 5.91 Å². The average molecular weight is 536 g/mol. The summed E-state index contributed by atoms with van der Waals surface area (Å²) in [6.45, 7) is 5.00. The summed E-state index contributed by atoms with van der Waals surface area (Å²) in [5, 5.41) is 12.7. The summed E-state index contributed by atoms with van der Waals surface area (Å²) in [4.78, 5) is 31.7. The fourth-order valence-corrected chi connectivity index (χ4v) is 4.62. The molecule has 2 amide bonds. The number of alkyl halides is 3. The molecule has 1 aromatic carbocycles. The highest BCUT2D eigenvalue weighted by molar-refractivity contribution is 5.95. The number of pyridine rings is 1. The number of aromatic nitrogens is 1. The quantitative estimate of drug-likeness (QED) is 0.406. The molecular formula is C28H36F3N3O4. The lowest BCUT2D eigenvalue weighted by atomic mass is 9.80. The Morgan fingerprint density at radius 3 is 2.32 bits per heavy atom. The number of hydrogen-bond donors (Lipinski definition) is 2. The fourth-order valence-electron chi connectivity index (χ4n) is 4.62. The van der Waals surface area contributed by atoms with Crippen molar-refractivity contribution in [2.24, 2.45) is 0 Å². The van der Waals surface area contributed by atoms with Gasteiger partial charge >= 0.3 is 12.3 Å². The van der Waals surface area contributed by atoms with Gasteiger partial charge in [0, 0.05) is 41.5 Å². The van der Waals surface area contributed by atoms with Crippen molar-refractivity contribution in [2.45, 2.75) is 82.2 Å². The Labute approximate surface area is 221 Å². The van der Waals surface area contributed by atoms with Gasteiger partial charge in [-0.05, 0) is 68.9 Å². The van der Waals surface area contributed by atoms with Gasteiger partial charge in [0.15, 0.2) is 5.60 Å². The zero-order valence-electron chi connectivity index (χ0n) is 22.2. The van der Waals surface area contributed by atoms with Gasteiger partial charge in [-0.1, -0.05) is 32.0 Å². The van der Waals surface area contributed by atoms with E-state index in [4.69, 9.17) is 4.74 Å². The van der Waals surface area contributed by atoms with Gasteiger partial charge in [-0.2, -0.15) is 13.2 Å². The molecule has 0 spiro atoms. The summed E-state index contributed by atoms with van der Waals surface area (Å²) in [5.74, 6) is -0.246. The van der Waals surface area contributed by atoms with E-state index in [1.54, 1.807) is 6.20 Å². The number of carbonyl (C=O) groups is 2. The molecule has 10 heteroatoms. The molecule has 208 valence electrons. The zero-order valence-corrected chi connectivity index (χ0v) is 22.2. The number of alkyl carbamates (subject to hydrolysis) is 1. The van der Waals surface area contributed by atoms with Crippen LogP contribution in [0, 0.1) is 0 Å². The molecule has 1 aromatic heterocycles. The van der Waals surface area contributed by atoms with Crippen LogP contribution in [-0.2, 0) is 15.8 Å². The van der Waals surface area contributed by atoms with E-state index in [0.29, 0.717) is 32.7 Å². The third-order valence-corrected chi connectivity index (χ3v) is 7.41. The second-order valence-corrected chi connectivity index (χ2v) is 10.3. The van der Waals surface area contributed by atoms with Crippen LogP contribution < -0.4 is 5.32 Å². The van der Waals surface area contributed by atoms with Gasteiger partial charge in [0.1, 0.15) is 0 Å². The summed E-state index contributed by atoms with van der Waals surface area (Å²) in [5.41, 5.74) is -2.77. The predicted octanol–water partition coefficient (Wildman–Crippen LogP) is 5.33. The Balaban J connectivity index is 1.80. The van der Waals surface area contributed by atoms with Crippen LogP contribution in [0.1, 0.15) is 74.5 Å². The Morgan fingerprint density at radius 1 is 1.16 bits per heavy atom. The highest BCUT2D eigenvalue weighted by atomic mass is 19.4. The van der Waals surface area contributed by atoms with Crippen molar-refractivity contribution in [1.29, 1.82) is 0 Å². The number of aliphatic hydroxyl groups is 1. The molecule has 2 N–H and O–H groups in total. The number of nitrogens with one attached hydrogen (secondary N) is 1. The summed E-state index contributed by atoms with van der Waals surface area (Å²) in [6.07, 6.45) is -0.00760. The van der Waals surface area contributed by atoms with Crippen molar-refractivity contribution in [3.63, 3.8) is 0 Å². The van der Waals surface area contributed by atoms with E-state index >= 15 is 0 Å². The number of rotatable bonds is 11. The lowest BCUT2D eigenvalue weighted by molar-refractivity contribution is -0.258. The minimum atomic E-state index is -4.84. The molecule has 1 fully saturated rings. The van der Waals surface area contributed by atoms with Crippen LogP contribution in [0.15, 0.2) is 48.7 Å². The van der Waals surface area contributed by atoms with Crippen molar-refractivity contribution in [3.05, 3.63) is 65.5 Å². The monoisotopic (exact) mass is 535 g/mol. The molecule has 0 radical (unpaired) electrons. The standard InChI is InChI=1S/C28H36F3N3O4/c1-5-21(15-16-26(2,18-33-25(36)38-4)23-8-6-7-17-32-23)34(22-13-14-22)24(35)19-9-11-20(12-10-19)27(3,37)28(29,30)31/h6-12,17,21-22,37H,5,13-16,18H2,1-4H3,(H,33,36)/t21?,26-,27+/m1/s1. The van der Waals surface area contributed by atoms with E-state index in [2.05, 4.69) is 10.3 Å². The summed E-state index contributed by atoms with van der Waals surface area (Å²) in [7, 11) is 1.30. The molecule has 1 aliphatic rings. The van der Waals surface area contributed by atoms with Crippen LogP contribution in [0.25, 0.3) is 0 Å². The molecule has 3 atom stereocenters. The molecule has 3 rings (SSSR count). The van der Waals surface area contributed by atoms with Crippen molar-refractivity contribution in [3.8, 4) is 0 Å². The number of benzene rings is 1. The highest BCUT2D eigenvalue weighted by Crippen LogP contribution is 2.39. The Bertz CT molecular complexity index is 1090. The van der Waals surface area contributed by atoms with E-state index in [1.807, 2.05) is 36.9 Å². The maximum Gasteiger partial charge on any atom is 0.421 e. The number of amides is 2. The third kappa shape index (κ3) is 6.64. The lowest BCUT2D eigenvalue weighted by Crippen LogP contribution is -2.44. The van der Waals surface area contributed by atoms with Crippen LogP contribution in [0.3, 0.4) is 0 Å². The van der Waals surface area contributed by atoms with Crippen LogP contribution >= 0.6 is 0 Å². The van der Waals surface area contributed by atoms with Crippen molar-refractivity contribution in [1.82, 2.24) is 15.2 Å². The molecule has 0 bridgehead atoms. The molecular weight excluding hydrogens is 499 g/mol. The first-order valence-corrected chi connectivity index (χ1v) is 12.8. The van der Waals surface area contributed by atoms with Gasteiger partial charge < -0.3 is 20.1 Å². The van der Waals surface area contributed by atoms with Gasteiger partial charge in [-0.3, -0.25) is 9.78 Å². The first-order chi connectivity index (χ1) is 17.8. The number of nitrogens with zero attached hydrogens (tertiary/aromatic N) is 2. The van der Waals surface area contributed by atoms with Crippen LogP contribution in [0.2, 0.25) is 0 Å². The van der Waals surface area contributed by atoms with E-state index in [9.17, 15) is 27.9 Å². The number of carbonyl (C=O) groups excluding carboxylic acids is 2. The zero-order chi connectivity index (χ0) is 28.1. The molecule has 2 aromatic rings. The van der Waals surface area contributed by atoms with Gasteiger partial charge in [-0.15, -0.1) is 0 Å². The van der Waals surface area contributed by atoms with Crippen molar-refractivity contribution < 1.29 is 32.6 Å². The second-order valence-electron chi connectivity index (χ2n) is 10.3. The molecule has 0 saturated heterocycles. The summed E-state index contributed by atoms with van der Waals surface area (Å²) in [6, 6.07) is 10.6. The minimum absolute atomic E-state index is 0.0692. The summed E-state index contributed by atoms with van der Waals surface area (Å²) < 4.78 is 44.4. The molecule has 38 heavy (non-hydrogen) atoms. The minimum Gasteiger partial charge on any atom is -0.453 e. The van der Waals surface area contributed by atoms with Crippen molar-refractivity contribution >= 4 is 12.0 Å². The highest BCUT2D eigenvalue weighted by Gasteiger charge is 2.51. The fraction of sp³-hybridized carbons (Fsp3) is 0.536. The normalized spacial score (nSPS) is 17.6. The van der Waals surface area contributed by atoms with Crippen LogP contribution in [0.5, 0.6) is 0 Å². The maximum absolute atomic E-state index is 13.6. The molecule has 0 aliphatic heterocycles. The number of hydrogen-bond acceptors (Lipinski definition) is 5. The summed E-state index contributed by atoms with van der Waals surface area (Å²) >= 11 is 0. The molecule has 1 heterocycles. The molecule has 1 aliphatic carbocycles. The number of halogens is 3. The maximum atomic E-state index is 13.6. The van der Waals surface area contributed by atoms with E-state index < -0.39 is 23.3 Å². The Hall–Kier alpha value is -3.14. The van der Waals surface area contributed by atoms with Crippen LogP contribution in [0.4, 0.5) is 18.0 Å². The largest absolute Gasteiger partial charge is 0.453 e. The van der Waals surface area contributed by atoms with Gasteiger partial charge in [0.2, 0.25) is 0 Å².